The minimum Gasteiger partial charge on any atom is -0.384 e. The Balaban J connectivity index is 2.12. The van der Waals surface area contributed by atoms with E-state index in [-0.39, 0.29) is 0 Å². The standard InChI is InChI=1S/C11H21NO/c1-12-8-4-7-11(9-13-2)6-3-5-10(11)12/h10H,3-9H2,1-2H3. The molecule has 2 fully saturated rings. The Kier molecular flexibility index (Phi) is 2.61. The topological polar surface area (TPSA) is 12.5 Å². The third-order valence-electron chi connectivity index (χ3n) is 4.01. The van der Waals surface area contributed by atoms with Crippen LogP contribution in [-0.2, 0) is 4.74 Å². The van der Waals surface area contributed by atoms with Crippen LogP contribution < -0.4 is 0 Å². The smallest absolute Gasteiger partial charge is 0.0533 e. The van der Waals surface area contributed by atoms with Gasteiger partial charge in [0.2, 0.25) is 0 Å². The van der Waals surface area contributed by atoms with Crippen molar-refractivity contribution in [2.24, 2.45) is 5.41 Å². The lowest BCUT2D eigenvalue weighted by Gasteiger charge is -2.44. The highest BCUT2D eigenvalue weighted by molar-refractivity contribution is 4.99. The molecule has 2 atom stereocenters. The van der Waals surface area contributed by atoms with Gasteiger partial charge in [0.15, 0.2) is 0 Å². The summed E-state index contributed by atoms with van der Waals surface area (Å²) in [6, 6.07) is 0.807. The first-order valence-electron chi connectivity index (χ1n) is 5.48. The van der Waals surface area contributed by atoms with E-state index in [2.05, 4.69) is 11.9 Å². The summed E-state index contributed by atoms with van der Waals surface area (Å²) >= 11 is 0. The van der Waals surface area contributed by atoms with E-state index in [0.29, 0.717) is 5.41 Å². The molecule has 0 N–H and O–H groups in total. The minimum absolute atomic E-state index is 0.516. The molecule has 0 spiro atoms. The highest BCUT2D eigenvalue weighted by Crippen LogP contribution is 2.47. The van der Waals surface area contributed by atoms with Gasteiger partial charge in [0.25, 0.3) is 0 Å². The average molecular weight is 183 g/mol. The van der Waals surface area contributed by atoms with Crippen molar-refractivity contribution in [2.75, 3.05) is 27.3 Å². The summed E-state index contributed by atoms with van der Waals surface area (Å²) in [6.07, 6.45) is 6.92. The Morgan fingerprint density at radius 1 is 1.38 bits per heavy atom. The third kappa shape index (κ3) is 1.50. The quantitative estimate of drug-likeness (QED) is 0.648. The molecule has 2 rings (SSSR count). The lowest BCUT2D eigenvalue weighted by Crippen LogP contribution is -2.49. The maximum Gasteiger partial charge on any atom is 0.0533 e. The molecule has 1 saturated heterocycles. The van der Waals surface area contributed by atoms with Crippen LogP contribution in [0.15, 0.2) is 0 Å². The number of nitrogens with zero attached hydrogens (tertiary/aromatic N) is 1. The number of likely N-dealkylation sites (tertiary alicyclic amines) is 1. The molecule has 1 saturated carbocycles. The molecule has 76 valence electrons. The summed E-state index contributed by atoms with van der Waals surface area (Å²) in [4.78, 5) is 2.55. The first-order valence-corrected chi connectivity index (χ1v) is 5.48. The summed E-state index contributed by atoms with van der Waals surface area (Å²) in [5.74, 6) is 0. The van der Waals surface area contributed by atoms with Crippen molar-refractivity contribution in [3.05, 3.63) is 0 Å². The molecule has 13 heavy (non-hydrogen) atoms. The van der Waals surface area contributed by atoms with Gasteiger partial charge in [0.1, 0.15) is 0 Å². The maximum absolute atomic E-state index is 5.41. The molecule has 0 aromatic heterocycles. The Morgan fingerprint density at radius 2 is 2.15 bits per heavy atom. The van der Waals surface area contributed by atoms with E-state index in [1.54, 1.807) is 0 Å². The number of fused-ring (bicyclic) bond motifs is 1. The summed E-state index contributed by atoms with van der Waals surface area (Å²) in [6.45, 7) is 2.26. The van der Waals surface area contributed by atoms with Crippen LogP contribution in [-0.4, -0.2) is 38.3 Å². The molecule has 2 heteroatoms. The molecule has 0 aromatic carbocycles. The molecular formula is C11H21NO. The number of rotatable bonds is 2. The Bertz CT molecular complexity index is 179. The van der Waals surface area contributed by atoms with Crippen molar-refractivity contribution in [1.29, 1.82) is 0 Å². The maximum atomic E-state index is 5.41. The van der Waals surface area contributed by atoms with Crippen molar-refractivity contribution < 1.29 is 4.74 Å². The van der Waals surface area contributed by atoms with E-state index in [1.165, 1.54) is 38.6 Å². The lowest BCUT2D eigenvalue weighted by molar-refractivity contribution is -0.00988. The molecule has 0 radical (unpaired) electrons. The lowest BCUT2D eigenvalue weighted by atomic mass is 9.76. The fraction of sp³-hybridized carbons (Fsp3) is 1.00. The van der Waals surface area contributed by atoms with Gasteiger partial charge in [0, 0.05) is 18.6 Å². The first kappa shape index (κ1) is 9.47. The summed E-state index contributed by atoms with van der Waals surface area (Å²) in [7, 11) is 4.12. The second-order valence-corrected chi connectivity index (χ2v) is 4.79. The molecule has 2 unspecified atom stereocenters. The van der Waals surface area contributed by atoms with Gasteiger partial charge in [-0.15, -0.1) is 0 Å². The normalized spacial score (nSPS) is 40.6. The molecule has 1 aliphatic heterocycles. The van der Waals surface area contributed by atoms with Gasteiger partial charge in [-0.2, -0.15) is 0 Å². The van der Waals surface area contributed by atoms with Gasteiger partial charge in [-0.25, -0.2) is 0 Å². The van der Waals surface area contributed by atoms with Crippen molar-refractivity contribution in [3.63, 3.8) is 0 Å². The molecule has 1 heterocycles. The predicted octanol–water partition coefficient (Wildman–Crippen LogP) is 1.90. The van der Waals surface area contributed by atoms with Crippen LogP contribution in [0, 0.1) is 5.41 Å². The first-order chi connectivity index (χ1) is 6.28. The zero-order valence-electron chi connectivity index (χ0n) is 8.88. The summed E-state index contributed by atoms with van der Waals surface area (Å²) in [5, 5.41) is 0. The molecule has 2 nitrogen and oxygen atoms in total. The van der Waals surface area contributed by atoms with E-state index in [0.717, 1.165) is 12.6 Å². The van der Waals surface area contributed by atoms with Gasteiger partial charge in [-0.05, 0) is 39.3 Å². The van der Waals surface area contributed by atoms with E-state index >= 15 is 0 Å². The van der Waals surface area contributed by atoms with Crippen LogP contribution >= 0.6 is 0 Å². The van der Waals surface area contributed by atoms with Crippen molar-refractivity contribution >= 4 is 0 Å². The van der Waals surface area contributed by atoms with Gasteiger partial charge < -0.3 is 9.64 Å². The number of methoxy groups -OCH3 is 1. The molecule has 0 bridgehead atoms. The SMILES string of the molecule is COCC12CCCC1N(C)CCC2. The fourth-order valence-corrected chi connectivity index (χ4v) is 3.46. The summed E-state index contributed by atoms with van der Waals surface area (Å²) < 4.78 is 5.41. The predicted molar refractivity (Wildman–Crippen MR) is 53.8 cm³/mol. The van der Waals surface area contributed by atoms with Crippen LogP contribution in [0.2, 0.25) is 0 Å². The van der Waals surface area contributed by atoms with Crippen molar-refractivity contribution in [3.8, 4) is 0 Å². The van der Waals surface area contributed by atoms with E-state index in [9.17, 15) is 0 Å². The van der Waals surface area contributed by atoms with Gasteiger partial charge in [0.05, 0.1) is 6.61 Å². The van der Waals surface area contributed by atoms with Crippen molar-refractivity contribution in [2.45, 2.75) is 38.1 Å². The monoisotopic (exact) mass is 183 g/mol. The third-order valence-corrected chi connectivity index (χ3v) is 4.01. The number of ether oxygens (including phenoxy) is 1. The van der Waals surface area contributed by atoms with E-state index in [1.807, 2.05) is 7.11 Å². The molecule has 2 aliphatic rings. The number of piperidine rings is 1. The fourth-order valence-electron chi connectivity index (χ4n) is 3.46. The van der Waals surface area contributed by atoms with Crippen LogP contribution in [0.5, 0.6) is 0 Å². The van der Waals surface area contributed by atoms with Crippen LogP contribution in [0.25, 0.3) is 0 Å². The summed E-state index contributed by atoms with van der Waals surface area (Å²) in [5.41, 5.74) is 0.516. The molecule has 0 amide bonds. The number of hydrogen-bond acceptors (Lipinski definition) is 2. The highest BCUT2D eigenvalue weighted by Gasteiger charge is 2.46. The van der Waals surface area contributed by atoms with Crippen molar-refractivity contribution in [1.82, 2.24) is 4.90 Å². The molecular weight excluding hydrogens is 162 g/mol. The van der Waals surface area contributed by atoms with Crippen LogP contribution in [0.1, 0.15) is 32.1 Å². The molecule has 0 aromatic rings. The Morgan fingerprint density at radius 3 is 2.92 bits per heavy atom. The minimum atomic E-state index is 0.516. The van der Waals surface area contributed by atoms with Gasteiger partial charge in [-0.1, -0.05) is 6.42 Å². The van der Waals surface area contributed by atoms with Gasteiger partial charge >= 0.3 is 0 Å². The molecule has 1 aliphatic carbocycles. The zero-order valence-corrected chi connectivity index (χ0v) is 8.88. The average Bonchev–Trinajstić information content (AvgIpc) is 2.50. The largest absolute Gasteiger partial charge is 0.384 e. The van der Waals surface area contributed by atoms with Crippen LogP contribution in [0.3, 0.4) is 0 Å². The zero-order chi connectivity index (χ0) is 9.31. The Labute approximate surface area is 81.3 Å². The second kappa shape index (κ2) is 3.58. The van der Waals surface area contributed by atoms with Crippen LogP contribution in [0.4, 0.5) is 0 Å². The highest BCUT2D eigenvalue weighted by atomic mass is 16.5. The second-order valence-electron chi connectivity index (χ2n) is 4.79. The number of hydrogen-bond donors (Lipinski definition) is 0. The van der Waals surface area contributed by atoms with Gasteiger partial charge in [-0.3, -0.25) is 0 Å². The Hall–Kier alpha value is -0.0800. The van der Waals surface area contributed by atoms with E-state index < -0.39 is 0 Å². The van der Waals surface area contributed by atoms with E-state index in [4.69, 9.17) is 4.74 Å².